The maximum Gasteiger partial charge on any atom is 0.290 e. The van der Waals surface area contributed by atoms with E-state index in [0.29, 0.717) is 23.7 Å². The number of benzene rings is 3. The lowest BCUT2D eigenvalue weighted by atomic mass is 9.95. The second-order valence-electron chi connectivity index (χ2n) is 9.25. The van der Waals surface area contributed by atoms with Gasteiger partial charge in [-0.25, -0.2) is 0 Å². The summed E-state index contributed by atoms with van der Waals surface area (Å²) in [7, 11) is 1.53. The molecule has 1 aliphatic rings. The number of rotatable bonds is 10. The molecule has 40 heavy (non-hydrogen) atoms. The van der Waals surface area contributed by atoms with Crippen molar-refractivity contribution in [1.29, 1.82) is 0 Å². The number of methoxy groups -OCH3 is 1. The lowest BCUT2D eigenvalue weighted by Crippen LogP contribution is -2.30. The topological polar surface area (TPSA) is 89.0 Å². The molecule has 1 aromatic heterocycles. The Morgan fingerprint density at radius 2 is 1.68 bits per heavy atom. The summed E-state index contributed by atoms with van der Waals surface area (Å²) < 4.78 is 11.6. The van der Waals surface area contributed by atoms with Gasteiger partial charge in [0.2, 0.25) is 0 Å². The number of aromatic nitrogens is 1. The molecule has 5 rings (SSSR count). The summed E-state index contributed by atoms with van der Waals surface area (Å²) in [5.41, 5.74) is 3.19. The maximum absolute atomic E-state index is 13.5. The van der Waals surface area contributed by atoms with Crippen molar-refractivity contribution in [2.24, 2.45) is 0 Å². The third kappa shape index (κ3) is 5.78. The molecule has 2 heterocycles. The van der Waals surface area contributed by atoms with Crippen LogP contribution in [-0.2, 0) is 22.7 Å². The van der Waals surface area contributed by atoms with Crippen LogP contribution in [0.15, 0.2) is 121 Å². The van der Waals surface area contributed by atoms with E-state index in [1.54, 1.807) is 42.7 Å². The molecule has 4 aromatic rings. The van der Waals surface area contributed by atoms with Gasteiger partial charge in [-0.05, 0) is 46.5 Å². The predicted octanol–water partition coefficient (Wildman–Crippen LogP) is 5.85. The molecule has 0 fully saturated rings. The van der Waals surface area contributed by atoms with Crippen molar-refractivity contribution < 1.29 is 24.2 Å². The van der Waals surface area contributed by atoms with Gasteiger partial charge in [0.05, 0.1) is 18.7 Å². The fraction of sp³-hybridized carbons (Fsp3) is 0.121. The van der Waals surface area contributed by atoms with Crippen LogP contribution in [0.3, 0.4) is 0 Å². The standard InChI is InChI=1S/C33H28N2O5/c1-39-29-19-26(15-17-28(29)40-22-24-11-6-3-7-12-24)31-30(27(36)16-14-23-9-4-2-5-10-23)32(37)33(38)35(31)21-25-13-8-18-34-20-25/h2-20,31,37H,21-22H2,1H3. The van der Waals surface area contributed by atoms with E-state index in [0.717, 1.165) is 16.7 Å². The largest absolute Gasteiger partial charge is 0.503 e. The summed E-state index contributed by atoms with van der Waals surface area (Å²) in [6.07, 6.45) is 6.33. The van der Waals surface area contributed by atoms with Gasteiger partial charge >= 0.3 is 0 Å². The first-order valence-corrected chi connectivity index (χ1v) is 12.8. The molecule has 0 spiro atoms. The number of hydrogen-bond acceptors (Lipinski definition) is 6. The zero-order chi connectivity index (χ0) is 27.9. The van der Waals surface area contributed by atoms with Crippen molar-refractivity contribution >= 4 is 17.8 Å². The Kier molecular flexibility index (Phi) is 8.02. The van der Waals surface area contributed by atoms with Crippen molar-refractivity contribution in [2.45, 2.75) is 19.2 Å². The molecular weight excluding hydrogens is 504 g/mol. The number of amides is 1. The Balaban J connectivity index is 1.50. The fourth-order valence-corrected chi connectivity index (χ4v) is 4.64. The Labute approximate surface area is 232 Å². The summed E-state index contributed by atoms with van der Waals surface area (Å²) in [5, 5.41) is 11.0. The molecule has 0 radical (unpaired) electrons. The molecule has 1 aliphatic heterocycles. The maximum atomic E-state index is 13.5. The van der Waals surface area contributed by atoms with Gasteiger partial charge in [-0.1, -0.05) is 78.9 Å². The highest BCUT2D eigenvalue weighted by atomic mass is 16.5. The Morgan fingerprint density at radius 3 is 2.38 bits per heavy atom. The van der Waals surface area contributed by atoms with E-state index in [1.807, 2.05) is 66.7 Å². The average molecular weight is 533 g/mol. The number of pyridine rings is 1. The highest BCUT2D eigenvalue weighted by molar-refractivity contribution is 6.14. The Hall–Kier alpha value is -5.17. The van der Waals surface area contributed by atoms with Gasteiger partial charge in [-0.2, -0.15) is 0 Å². The normalized spacial score (nSPS) is 15.1. The number of ether oxygens (including phenoxy) is 2. The van der Waals surface area contributed by atoms with Crippen LogP contribution >= 0.6 is 0 Å². The van der Waals surface area contributed by atoms with Gasteiger partial charge in [0.15, 0.2) is 23.0 Å². The average Bonchev–Trinajstić information content (AvgIpc) is 3.25. The minimum Gasteiger partial charge on any atom is -0.503 e. The van der Waals surface area contributed by atoms with Crippen LogP contribution in [0.4, 0.5) is 0 Å². The number of carbonyl (C=O) groups is 2. The second-order valence-corrected chi connectivity index (χ2v) is 9.25. The van der Waals surface area contributed by atoms with Crippen LogP contribution in [0, 0.1) is 0 Å². The van der Waals surface area contributed by atoms with Crippen molar-refractivity contribution in [1.82, 2.24) is 9.88 Å². The van der Waals surface area contributed by atoms with E-state index in [2.05, 4.69) is 4.98 Å². The first-order valence-electron chi connectivity index (χ1n) is 12.8. The molecule has 0 aliphatic carbocycles. The van der Waals surface area contributed by atoms with Crippen LogP contribution < -0.4 is 9.47 Å². The molecule has 0 saturated carbocycles. The number of nitrogens with zero attached hydrogens (tertiary/aromatic N) is 2. The van der Waals surface area contributed by atoms with Crippen molar-refractivity contribution in [3.05, 3.63) is 143 Å². The smallest absolute Gasteiger partial charge is 0.290 e. The first kappa shape index (κ1) is 26.4. The number of aliphatic hydroxyl groups excluding tert-OH is 1. The lowest BCUT2D eigenvalue weighted by molar-refractivity contribution is -0.130. The molecule has 0 bridgehead atoms. The third-order valence-corrected chi connectivity index (χ3v) is 6.61. The van der Waals surface area contributed by atoms with Crippen LogP contribution in [-0.4, -0.2) is 33.8 Å². The molecule has 0 saturated heterocycles. The number of allylic oxidation sites excluding steroid dienone is 1. The van der Waals surface area contributed by atoms with Gasteiger partial charge in [0.25, 0.3) is 5.91 Å². The number of hydrogen-bond donors (Lipinski definition) is 1. The lowest BCUT2D eigenvalue weighted by Gasteiger charge is -2.27. The molecule has 1 amide bonds. The highest BCUT2D eigenvalue weighted by Crippen LogP contribution is 2.42. The van der Waals surface area contributed by atoms with E-state index < -0.39 is 23.5 Å². The van der Waals surface area contributed by atoms with Gasteiger partial charge in [0.1, 0.15) is 6.61 Å². The summed E-state index contributed by atoms with van der Waals surface area (Å²) in [4.78, 5) is 32.4. The van der Waals surface area contributed by atoms with Crippen LogP contribution in [0.25, 0.3) is 6.08 Å². The van der Waals surface area contributed by atoms with Gasteiger partial charge in [-0.15, -0.1) is 0 Å². The van der Waals surface area contributed by atoms with Crippen LogP contribution in [0.2, 0.25) is 0 Å². The van der Waals surface area contributed by atoms with E-state index in [4.69, 9.17) is 9.47 Å². The zero-order valence-corrected chi connectivity index (χ0v) is 21.9. The molecule has 1 N–H and O–H groups in total. The van der Waals surface area contributed by atoms with Gasteiger partial charge in [-0.3, -0.25) is 14.6 Å². The minimum atomic E-state index is -0.849. The first-order chi connectivity index (χ1) is 19.5. The van der Waals surface area contributed by atoms with Crippen molar-refractivity contribution in [3.8, 4) is 11.5 Å². The monoisotopic (exact) mass is 532 g/mol. The van der Waals surface area contributed by atoms with Crippen LogP contribution in [0.1, 0.15) is 28.3 Å². The zero-order valence-electron chi connectivity index (χ0n) is 21.9. The van der Waals surface area contributed by atoms with E-state index in [-0.39, 0.29) is 12.1 Å². The summed E-state index contributed by atoms with van der Waals surface area (Å²) in [6.45, 7) is 0.495. The summed E-state index contributed by atoms with van der Waals surface area (Å²) >= 11 is 0. The van der Waals surface area contributed by atoms with E-state index in [1.165, 1.54) is 18.1 Å². The SMILES string of the molecule is COc1cc(C2C(C(=O)C=Cc3ccccc3)=C(O)C(=O)N2Cc2cccnc2)ccc1OCc1ccccc1. The predicted molar refractivity (Wildman–Crippen MR) is 151 cm³/mol. The fourth-order valence-electron chi connectivity index (χ4n) is 4.64. The summed E-state index contributed by atoms with van der Waals surface area (Å²) in [5.74, 6) is -0.700. The Bertz CT molecular complexity index is 1550. The summed E-state index contributed by atoms with van der Waals surface area (Å²) in [6, 6.07) is 27.1. The molecule has 1 unspecified atom stereocenters. The molecule has 200 valence electrons. The molecular formula is C33H28N2O5. The third-order valence-electron chi connectivity index (χ3n) is 6.61. The Morgan fingerprint density at radius 1 is 0.950 bits per heavy atom. The van der Waals surface area contributed by atoms with Crippen molar-refractivity contribution in [2.75, 3.05) is 7.11 Å². The quantitative estimate of drug-likeness (QED) is 0.258. The minimum absolute atomic E-state index is 0.000999. The number of carbonyl (C=O) groups excluding carboxylic acids is 2. The molecule has 1 atom stereocenters. The number of ketones is 1. The molecule has 7 nitrogen and oxygen atoms in total. The van der Waals surface area contributed by atoms with Crippen LogP contribution in [0.5, 0.6) is 11.5 Å². The highest BCUT2D eigenvalue weighted by Gasteiger charge is 2.43. The molecule has 3 aromatic carbocycles. The second kappa shape index (κ2) is 12.1. The van der Waals surface area contributed by atoms with Crippen molar-refractivity contribution in [3.63, 3.8) is 0 Å². The molecule has 7 heteroatoms. The van der Waals surface area contributed by atoms with E-state index in [9.17, 15) is 14.7 Å². The van der Waals surface area contributed by atoms with Gasteiger partial charge in [0, 0.05) is 18.9 Å². The van der Waals surface area contributed by atoms with E-state index >= 15 is 0 Å². The van der Waals surface area contributed by atoms with Gasteiger partial charge < -0.3 is 19.5 Å². The number of aliphatic hydroxyl groups is 1.